The van der Waals surface area contributed by atoms with Crippen LogP contribution in [0.3, 0.4) is 0 Å². The summed E-state index contributed by atoms with van der Waals surface area (Å²) in [6.45, 7) is 2.31. The lowest BCUT2D eigenvalue weighted by molar-refractivity contribution is -0.125. The van der Waals surface area contributed by atoms with E-state index >= 15 is 0 Å². The fourth-order valence-corrected chi connectivity index (χ4v) is 7.00. The Morgan fingerprint density at radius 1 is 1.02 bits per heavy atom. The second-order valence-corrected chi connectivity index (χ2v) is 12.4. The van der Waals surface area contributed by atoms with Gasteiger partial charge in [0.25, 0.3) is 0 Å². The molecule has 2 aliphatic rings. The fourth-order valence-electron chi connectivity index (χ4n) is 6.19. The predicted molar refractivity (Wildman–Crippen MR) is 165 cm³/mol. The molecule has 4 aromatic heterocycles. The fraction of sp³-hybridized carbons (Fsp3) is 0.333. The first-order valence-corrected chi connectivity index (χ1v) is 15.1. The Bertz CT molecular complexity index is 1780. The summed E-state index contributed by atoms with van der Waals surface area (Å²) in [7, 11) is 3.98. The van der Waals surface area contributed by atoms with E-state index < -0.39 is 0 Å². The van der Waals surface area contributed by atoms with Gasteiger partial charge in [-0.05, 0) is 38.8 Å². The number of benzene rings is 1. The maximum Gasteiger partial charge on any atom is 0.246 e. The van der Waals surface area contributed by atoms with Crippen LogP contribution in [-0.2, 0) is 4.79 Å². The zero-order chi connectivity index (χ0) is 29.5. The second-order valence-electron chi connectivity index (χ2n) is 11.4. The number of hydrogen-bond donors (Lipinski definition) is 1. The Kier molecular flexibility index (Phi) is 7.11. The molecule has 7 rings (SSSR count). The van der Waals surface area contributed by atoms with Gasteiger partial charge in [0.1, 0.15) is 28.5 Å². The minimum absolute atomic E-state index is 0.0991. The van der Waals surface area contributed by atoms with E-state index in [1.54, 1.807) is 24.7 Å². The highest BCUT2D eigenvalue weighted by Crippen LogP contribution is 2.45. The first kappa shape index (κ1) is 27.2. The molecule has 13 heteroatoms. The van der Waals surface area contributed by atoms with Crippen LogP contribution in [0.15, 0.2) is 61.3 Å². The number of nitrogen functional groups attached to an aromatic ring is 1. The predicted octanol–water partition coefficient (Wildman–Crippen LogP) is 3.58. The summed E-state index contributed by atoms with van der Waals surface area (Å²) in [6.07, 6.45) is 12.0. The quantitative estimate of drug-likeness (QED) is 0.278. The lowest BCUT2D eigenvalue weighted by Crippen LogP contribution is -2.28. The van der Waals surface area contributed by atoms with Crippen molar-refractivity contribution in [3.05, 3.63) is 61.3 Å². The number of rotatable bonds is 7. The molecule has 1 amide bonds. The van der Waals surface area contributed by atoms with E-state index in [0.29, 0.717) is 23.3 Å². The van der Waals surface area contributed by atoms with Crippen molar-refractivity contribution in [2.45, 2.75) is 18.9 Å². The van der Waals surface area contributed by atoms with Gasteiger partial charge in [0, 0.05) is 49.2 Å². The summed E-state index contributed by atoms with van der Waals surface area (Å²) >= 11 is 1.47. The van der Waals surface area contributed by atoms with Gasteiger partial charge >= 0.3 is 0 Å². The Morgan fingerprint density at radius 3 is 2.49 bits per heavy atom. The van der Waals surface area contributed by atoms with Gasteiger partial charge in [-0.2, -0.15) is 5.10 Å². The molecule has 5 aromatic rings. The minimum atomic E-state index is 0.0991. The maximum atomic E-state index is 12.7. The molecule has 1 aromatic carbocycles. The molecule has 218 valence electrons. The average Bonchev–Trinajstić information content (AvgIpc) is 3.80. The Labute approximate surface area is 252 Å². The number of carbonyl (C=O) groups is 1. The number of likely N-dealkylation sites (N-methyl/N-ethyl adjacent to an activating group) is 1. The number of nitrogens with two attached hydrogens (primary N) is 1. The molecule has 5 heterocycles. The molecule has 12 nitrogen and oxygen atoms in total. The van der Waals surface area contributed by atoms with Crippen molar-refractivity contribution < 1.29 is 4.79 Å². The second kappa shape index (κ2) is 11.2. The Hall–Kier alpha value is -4.62. The molecule has 1 saturated carbocycles. The highest BCUT2D eigenvalue weighted by molar-refractivity contribution is 7.17. The highest BCUT2D eigenvalue weighted by Gasteiger charge is 2.43. The molecule has 1 aliphatic heterocycles. The maximum absolute atomic E-state index is 12.7. The number of likely N-dealkylation sites (tertiary alicyclic amines) is 1. The monoisotopic (exact) mass is 593 g/mol. The van der Waals surface area contributed by atoms with Crippen molar-refractivity contribution >= 4 is 34.1 Å². The van der Waals surface area contributed by atoms with Crippen molar-refractivity contribution in [3.8, 4) is 32.5 Å². The third-order valence-electron chi connectivity index (χ3n) is 8.25. The zero-order valence-electron chi connectivity index (χ0n) is 23.9. The summed E-state index contributed by atoms with van der Waals surface area (Å²) in [5.74, 6) is 1.39. The molecular formula is C30H31N11OS. The third-order valence-corrected chi connectivity index (χ3v) is 9.24. The largest absolute Gasteiger partial charge is 0.383 e. The first-order valence-electron chi connectivity index (χ1n) is 14.2. The zero-order valence-corrected chi connectivity index (χ0v) is 24.7. The van der Waals surface area contributed by atoms with E-state index in [4.69, 9.17) is 10.8 Å². The highest BCUT2D eigenvalue weighted by atomic mass is 32.1. The van der Waals surface area contributed by atoms with E-state index in [-0.39, 0.29) is 11.9 Å². The van der Waals surface area contributed by atoms with Gasteiger partial charge in [-0.1, -0.05) is 41.7 Å². The van der Waals surface area contributed by atoms with Gasteiger partial charge in [0.05, 0.1) is 17.6 Å². The van der Waals surface area contributed by atoms with Gasteiger partial charge in [-0.15, -0.1) is 10.2 Å². The van der Waals surface area contributed by atoms with Gasteiger partial charge < -0.3 is 15.5 Å². The number of anilines is 1. The van der Waals surface area contributed by atoms with E-state index in [9.17, 15) is 4.79 Å². The van der Waals surface area contributed by atoms with E-state index in [1.165, 1.54) is 17.7 Å². The molecule has 2 atom stereocenters. The summed E-state index contributed by atoms with van der Waals surface area (Å²) in [5, 5.41) is 16.0. The first-order chi connectivity index (χ1) is 20.9. The van der Waals surface area contributed by atoms with Crippen LogP contribution in [0.2, 0.25) is 0 Å². The summed E-state index contributed by atoms with van der Waals surface area (Å²) in [4.78, 5) is 34.1. The van der Waals surface area contributed by atoms with E-state index in [2.05, 4.69) is 30.1 Å². The SMILES string of the molecule is CN(C)C/C=C/C(=O)N1CC2CC(n3nc(-c4ccc(-c5nnc(-c6cnccn6)s5)cc4)c4c(N)ncnc43)CC2C1. The van der Waals surface area contributed by atoms with Crippen LogP contribution in [-0.4, -0.2) is 89.4 Å². The van der Waals surface area contributed by atoms with Gasteiger partial charge in [0.15, 0.2) is 10.7 Å². The number of hydrogen-bond acceptors (Lipinski definition) is 11. The van der Waals surface area contributed by atoms with Crippen LogP contribution < -0.4 is 5.73 Å². The van der Waals surface area contributed by atoms with Crippen LogP contribution >= 0.6 is 11.3 Å². The van der Waals surface area contributed by atoms with E-state index in [0.717, 1.165) is 70.3 Å². The number of fused-ring (bicyclic) bond motifs is 2. The van der Waals surface area contributed by atoms with Crippen molar-refractivity contribution in [2.75, 3.05) is 39.5 Å². The van der Waals surface area contributed by atoms with Crippen LogP contribution in [0, 0.1) is 11.8 Å². The lowest BCUT2D eigenvalue weighted by atomic mass is 10.0. The molecule has 2 fully saturated rings. The number of carbonyl (C=O) groups excluding carboxylic acids is 1. The number of amides is 1. The summed E-state index contributed by atoms with van der Waals surface area (Å²) < 4.78 is 2.04. The average molecular weight is 594 g/mol. The smallest absolute Gasteiger partial charge is 0.246 e. The van der Waals surface area contributed by atoms with Crippen LogP contribution in [0.1, 0.15) is 18.9 Å². The van der Waals surface area contributed by atoms with Crippen molar-refractivity contribution in [1.29, 1.82) is 0 Å². The van der Waals surface area contributed by atoms with E-state index in [1.807, 2.05) is 58.9 Å². The van der Waals surface area contributed by atoms with Crippen molar-refractivity contribution in [1.82, 2.24) is 49.7 Å². The number of nitrogens with zero attached hydrogens (tertiary/aromatic N) is 10. The van der Waals surface area contributed by atoms with Gasteiger partial charge in [-0.3, -0.25) is 14.8 Å². The third kappa shape index (κ3) is 5.25. The van der Waals surface area contributed by atoms with Crippen LogP contribution in [0.5, 0.6) is 0 Å². The molecular weight excluding hydrogens is 562 g/mol. The van der Waals surface area contributed by atoms with Crippen molar-refractivity contribution in [3.63, 3.8) is 0 Å². The summed E-state index contributed by atoms with van der Waals surface area (Å²) in [5.41, 5.74) is 10.5. The van der Waals surface area contributed by atoms with Crippen LogP contribution in [0.4, 0.5) is 5.82 Å². The summed E-state index contributed by atoms with van der Waals surface area (Å²) in [6, 6.07) is 8.25. The molecule has 2 unspecified atom stereocenters. The van der Waals surface area contributed by atoms with Crippen molar-refractivity contribution in [2.24, 2.45) is 11.8 Å². The molecule has 2 N–H and O–H groups in total. The Balaban J connectivity index is 1.11. The number of aromatic nitrogens is 8. The molecule has 0 radical (unpaired) electrons. The van der Waals surface area contributed by atoms with Gasteiger partial charge in [-0.25, -0.2) is 14.6 Å². The topological polar surface area (TPSA) is 145 Å². The molecule has 0 bridgehead atoms. The molecule has 43 heavy (non-hydrogen) atoms. The Morgan fingerprint density at radius 2 is 1.77 bits per heavy atom. The van der Waals surface area contributed by atoms with Crippen LogP contribution in [0.25, 0.3) is 43.6 Å². The van der Waals surface area contributed by atoms with Gasteiger partial charge in [0.2, 0.25) is 5.91 Å². The normalized spacial score (nSPS) is 20.1. The standard InChI is InChI=1S/C30H31N11OS/c1-39(2)11-3-4-24(42)40-15-20-12-22(13-21(20)16-40)41-28-25(27(31)34-17-35-28)26(38-41)18-5-7-19(8-6-18)29-36-37-30(43-29)23-14-32-9-10-33-23/h3-10,14,17,20-22H,11-13,15-16H2,1-2H3,(H2,31,34,35)/b4-3+. The molecule has 0 spiro atoms. The minimum Gasteiger partial charge on any atom is -0.383 e. The lowest BCUT2D eigenvalue weighted by Gasteiger charge is -2.18. The molecule has 1 saturated heterocycles. The molecule has 1 aliphatic carbocycles.